The molecule has 2 heterocycles. The molecule has 1 aliphatic rings. The van der Waals surface area contributed by atoms with Crippen molar-refractivity contribution >= 4 is 11.6 Å². The maximum Gasteiger partial charge on any atom is 0.149 e. The minimum atomic E-state index is 0.231. The van der Waals surface area contributed by atoms with Gasteiger partial charge in [-0.05, 0) is 25.5 Å². The van der Waals surface area contributed by atoms with Gasteiger partial charge in [0.05, 0.1) is 12.1 Å². The lowest BCUT2D eigenvalue weighted by molar-refractivity contribution is 0.121. The van der Waals surface area contributed by atoms with E-state index in [1.165, 1.54) is 0 Å². The molecule has 0 saturated carbocycles. The zero-order valence-corrected chi connectivity index (χ0v) is 8.10. The molecule has 2 unspecified atom stereocenters. The summed E-state index contributed by atoms with van der Waals surface area (Å²) in [5.41, 5.74) is 5.44. The molecule has 0 aliphatic carbocycles. The number of nitrogens with two attached hydrogens (primary N) is 1. The predicted octanol–water partition coefficient (Wildman–Crippen LogP) is 0.648. The van der Waals surface area contributed by atoms with Crippen molar-refractivity contribution in [3.05, 3.63) is 12.1 Å². The summed E-state index contributed by atoms with van der Waals surface area (Å²) in [4.78, 5) is 0. The zero-order chi connectivity index (χ0) is 9.97. The third-order valence-corrected chi connectivity index (χ3v) is 2.39. The number of nitrogen functional groups attached to an aromatic ring is 1. The molecule has 2 rings (SSSR count). The molecule has 1 aromatic heterocycles. The minimum absolute atomic E-state index is 0.231. The molecular formula is C9H14N4O. The van der Waals surface area contributed by atoms with Crippen LogP contribution in [0.5, 0.6) is 0 Å². The van der Waals surface area contributed by atoms with Crippen LogP contribution in [0.25, 0.3) is 0 Å². The van der Waals surface area contributed by atoms with Crippen molar-refractivity contribution in [2.75, 3.05) is 17.7 Å². The highest BCUT2D eigenvalue weighted by Crippen LogP contribution is 2.17. The van der Waals surface area contributed by atoms with Crippen LogP contribution in [0.4, 0.5) is 11.6 Å². The van der Waals surface area contributed by atoms with Gasteiger partial charge in [0.25, 0.3) is 0 Å². The van der Waals surface area contributed by atoms with E-state index < -0.39 is 0 Å². The van der Waals surface area contributed by atoms with Crippen molar-refractivity contribution in [2.45, 2.75) is 25.5 Å². The first-order chi connectivity index (χ1) is 6.75. The second-order valence-electron chi connectivity index (χ2n) is 3.46. The van der Waals surface area contributed by atoms with Gasteiger partial charge in [-0.3, -0.25) is 0 Å². The van der Waals surface area contributed by atoms with E-state index in [-0.39, 0.29) is 6.10 Å². The Hall–Kier alpha value is -1.36. The molecule has 5 nitrogen and oxygen atoms in total. The summed E-state index contributed by atoms with van der Waals surface area (Å²) in [6.07, 6.45) is 1.24. The zero-order valence-electron chi connectivity index (χ0n) is 8.10. The first-order valence-electron chi connectivity index (χ1n) is 4.73. The van der Waals surface area contributed by atoms with E-state index in [2.05, 4.69) is 22.4 Å². The van der Waals surface area contributed by atoms with Gasteiger partial charge in [-0.15, -0.1) is 10.2 Å². The average Bonchev–Trinajstić information content (AvgIpc) is 2.56. The van der Waals surface area contributed by atoms with Gasteiger partial charge in [0.1, 0.15) is 11.6 Å². The summed E-state index contributed by atoms with van der Waals surface area (Å²) in [5, 5.41) is 11.0. The fourth-order valence-electron chi connectivity index (χ4n) is 1.53. The maximum atomic E-state index is 5.44. The predicted molar refractivity (Wildman–Crippen MR) is 53.9 cm³/mol. The molecule has 0 spiro atoms. The topological polar surface area (TPSA) is 73.1 Å². The van der Waals surface area contributed by atoms with Crippen LogP contribution < -0.4 is 11.1 Å². The van der Waals surface area contributed by atoms with Gasteiger partial charge in [-0.1, -0.05) is 0 Å². The third kappa shape index (κ3) is 1.93. The van der Waals surface area contributed by atoms with Crippen molar-refractivity contribution in [1.29, 1.82) is 0 Å². The third-order valence-electron chi connectivity index (χ3n) is 2.39. The van der Waals surface area contributed by atoms with Crippen LogP contribution in [0.3, 0.4) is 0 Å². The number of hydrogen-bond donors (Lipinski definition) is 2. The largest absolute Gasteiger partial charge is 0.382 e. The second-order valence-corrected chi connectivity index (χ2v) is 3.46. The van der Waals surface area contributed by atoms with Crippen molar-refractivity contribution < 1.29 is 4.74 Å². The number of ether oxygens (including phenoxy) is 1. The fraction of sp³-hybridized carbons (Fsp3) is 0.556. The Bertz CT molecular complexity index is 300. The fourth-order valence-corrected chi connectivity index (χ4v) is 1.53. The molecule has 1 aromatic rings. The highest BCUT2D eigenvalue weighted by Gasteiger charge is 2.24. The molecule has 3 N–H and O–H groups in total. The second kappa shape index (κ2) is 3.79. The van der Waals surface area contributed by atoms with E-state index in [0.717, 1.165) is 18.8 Å². The number of nitrogens with one attached hydrogen (secondary N) is 1. The SMILES string of the molecule is CC1OCCC1Nc1ccc(N)nn1. The van der Waals surface area contributed by atoms with Gasteiger partial charge in [-0.2, -0.15) is 0 Å². The lowest BCUT2D eigenvalue weighted by Crippen LogP contribution is -2.27. The number of aromatic nitrogens is 2. The van der Waals surface area contributed by atoms with Crippen molar-refractivity contribution in [1.82, 2.24) is 10.2 Å². The molecule has 0 aromatic carbocycles. The maximum absolute atomic E-state index is 5.44. The number of rotatable bonds is 2. The lowest BCUT2D eigenvalue weighted by Gasteiger charge is -2.15. The van der Waals surface area contributed by atoms with Crippen LogP contribution in [0.1, 0.15) is 13.3 Å². The number of hydrogen-bond acceptors (Lipinski definition) is 5. The first kappa shape index (κ1) is 9.21. The quantitative estimate of drug-likeness (QED) is 0.723. The molecule has 2 atom stereocenters. The van der Waals surface area contributed by atoms with Crippen LogP contribution in [0.15, 0.2) is 12.1 Å². The first-order valence-corrected chi connectivity index (χ1v) is 4.73. The molecule has 0 bridgehead atoms. The molecule has 1 fully saturated rings. The van der Waals surface area contributed by atoms with Gasteiger partial charge in [0.2, 0.25) is 0 Å². The highest BCUT2D eigenvalue weighted by atomic mass is 16.5. The van der Waals surface area contributed by atoms with Crippen LogP contribution in [-0.4, -0.2) is 29.0 Å². The Morgan fingerprint density at radius 1 is 1.50 bits per heavy atom. The van der Waals surface area contributed by atoms with Crippen molar-refractivity contribution in [3.8, 4) is 0 Å². The smallest absolute Gasteiger partial charge is 0.149 e. The number of anilines is 2. The van der Waals surface area contributed by atoms with Crippen LogP contribution >= 0.6 is 0 Å². The number of nitrogens with zero attached hydrogens (tertiary/aromatic N) is 2. The molecule has 1 saturated heterocycles. The summed E-state index contributed by atoms with van der Waals surface area (Å²) in [5.74, 6) is 1.19. The van der Waals surface area contributed by atoms with Gasteiger partial charge in [0, 0.05) is 6.61 Å². The summed E-state index contributed by atoms with van der Waals surface area (Å²) < 4.78 is 5.43. The average molecular weight is 194 g/mol. The Morgan fingerprint density at radius 3 is 2.93 bits per heavy atom. The van der Waals surface area contributed by atoms with Gasteiger partial charge in [0.15, 0.2) is 0 Å². The normalized spacial score (nSPS) is 26.4. The Labute approximate surface area is 82.7 Å². The van der Waals surface area contributed by atoms with Crippen LogP contribution in [-0.2, 0) is 4.74 Å². The minimum Gasteiger partial charge on any atom is -0.382 e. The van der Waals surface area contributed by atoms with Crippen LogP contribution in [0.2, 0.25) is 0 Å². The monoisotopic (exact) mass is 194 g/mol. The van der Waals surface area contributed by atoms with E-state index in [0.29, 0.717) is 11.9 Å². The Balaban J connectivity index is 2.00. The summed E-state index contributed by atoms with van der Waals surface area (Å²) in [6.45, 7) is 2.86. The molecule has 76 valence electrons. The summed E-state index contributed by atoms with van der Waals surface area (Å²) in [6, 6.07) is 3.89. The standard InChI is InChI=1S/C9H14N4O/c1-6-7(4-5-14-6)11-9-3-2-8(10)12-13-9/h2-3,6-7H,4-5H2,1H3,(H2,10,12)(H,11,13). The van der Waals surface area contributed by atoms with E-state index in [4.69, 9.17) is 10.5 Å². The van der Waals surface area contributed by atoms with E-state index in [1.807, 2.05) is 6.07 Å². The van der Waals surface area contributed by atoms with Crippen molar-refractivity contribution in [2.24, 2.45) is 0 Å². The van der Waals surface area contributed by atoms with Gasteiger partial charge < -0.3 is 15.8 Å². The van der Waals surface area contributed by atoms with E-state index >= 15 is 0 Å². The Morgan fingerprint density at radius 2 is 2.36 bits per heavy atom. The molecule has 1 aliphatic heterocycles. The van der Waals surface area contributed by atoms with E-state index in [9.17, 15) is 0 Å². The molecule has 0 radical (unpaired) electrons. The lowest BCUT2D eigenvalue weighted by atomic mass is 10.1. The summed E-state index contributed by atoms with van der Waals surface area (Å²) in [7, 11) is 0. The molecule has 5 heteroatoms. The van der Waals surface area contributed by atoms with Gasteiger partial charge >= 0.3 is 0 Å². The van der Waals surface area contributed by atoms with Crippen molar-refractivity contribution in [3.63, 3.8) is 0 Å². The van der Waals surface area contributed by atoms with Gasteiger partial charge in [-0.25, -0.2) is 0 Å². The Kier molecular flexibility index (Phi) is 2.49. The van der Waals surface area contributed by atoms with E-state index in [1.54, 1.807) is 6.07 Å². The highest BCUT2D eigenvalue weighted by molar-refractivity contribution is 5.39. The molecule has 14 heavy (non-hydrogen) atoms. The molecular weight excluding hydrogens is 180 g/mol. The van der Waals surface area contributed by atoms with Crippen LogP contribution in [0, 0.1) is 0 Å². The summed E-state index contributed by atoms with van der Waals surface area (Å²) >= 11 is 0. The molecule has 0 amide bonds.